The van der Waals surface area contributed by atoms with Crippen molar-refractivity contribution >= 4 is 23.2 Å². The number of hydrogen-bond donors (Lipinski definition) is 1. The number of nitrogens with one attached hydrogen (secondary N) is 1. The number of methoxy groups -OCH3 is 1. The van der Waals surface area contributed by atoms with Crippen LogP contribution >= 0.6 is 23.2 Å². The van der Waals surface area contributed by atoms with E-state index < -0.39 is 6.04 Å². The van der Waals surface area contributed by atoms with Crippen molar-refractivity contribution in [2.75, 3.05) is 20.3 Å². The van der Waals surface area contributed by atoms with E-state index in [2.05, 4.69) is 11.4 Å². The van der Waals surface area contributed by atoms with Gasteiger partial charge in [-0.3, -0.25) is 5.32 Å². The lowest BCUT2D eigenvalue weighted by atomic mass is 10.1. The summed E-state index contributed by atoms with van der Waals surface area (Å²) >= 11 is 11.9. The van der Waals surface area contributed by atoms with Crippen LogP contribution in [0.15, 0.2) is 18.2 Å². The monoisotopic (exact) mass is 258 g/mol. The van der Waals surface area contributed by atoms with Crippen molar-refractivity contribution in [3.05, 3.63) is 33.8 Å². The Bertz CT molecular complexity index is 390. The summed E-state index contributed by atoms with van der Waals surface area (Å²) in [7, 11) is 1.61. The van der Waals surface area contributed by atoms with Gasteiger partial charge in [0.1, 0.15) is 6.04 Å². The van der Waals surface area contributed by atoms with Gasteiger partial charge in [-0.2, -0.15) is 5.26 Å². The molecule has 1 atom stereocenters. The summed E-state index contributed by atoms with van der Waals surface area (Å²) in [6, 6.07) is 6.91. The van der Waals surface area contributed by atoms with Gasteiger partial charge < -0.3 is 4.74 Å². The van der Waals surface area contributed by atoms with Crippen LogP contribution in [-0.2, 0) is 4.74 Å². The molecule has 16 heavy (non-hydrogen) atoms. The Balaban J connectivity index is 2.80. The highest BCUT2D eigenvalue weighted by molar-refractivity contribution is 6.42. The van der Waals surface area contributed by atoms with Gasteiger partial charge in [-0.25, -0.2) is 0 Å². The first-order chi connectivity index (χ1) is 7.70. The number of rotatable bonds is 5. The number of nitriles is 1. The topological polar surface area (TPSA) is 45.0 Å². The van der Waals surface area contributed by atoms with Gasteiger partial charge in [0.05, 0.1) is 22.7 Å². The van der Waals surface area contributed by atoms with Crippen molar-refractivity contribution < 1.29 is 4.74 Å². The van der Waals surface area contributed by atoms with Crippen molar-refractivity contribution in [3.63, 3.8) is 0 Å². The SMILES string of the molecule is COCCNC(C#N)c1cccc(Cl)c1Cl. The van der Waals surface area contributed by atoms with E-state index in [1.807, 2.05) is 0 Å². The summed E-state index contributed by atoms with van der Waals surface area (Å²) in [5.41, 5.74) is 0.688. The molecule has 0 bridgehead atoms. The van der Waals surface area contributed by atoms with E-state index in [9.17, 15) is 0 Å². The van der Waals surface area contributed by atoms with Crippen molar-refractivity contribution in [2.24, 2.45) is 0 Å². The maximum atomic E-state index is 9.04. The molecular formula is C11H12Cl2N2O. The van der Waals surface area contributed by atoms with Crippen LogP contribution in [0.2, 0.25) is 10.0 Å². The maximum Gasteiger partial charge on any atom is 0.122 e. The molecule has 0 aliphatic carbocycles. The Morgan fingerprint density at radius 3 is 2.88 bits per heavy atom. The molecule has 0 radical (unpaired) electrons. The van der Waals surface area contributed by atoms with Crippen LogP contribution in [0.1, 0.15) is 11.6 Å². The lowest BCUT2D eigenvalue weighted by Crippen LogP contribution is -2.24. The summed E-state index contributed by atoms with van der Waals surface area (Å²) in [5.74, 6) is 0. The van der Waals surface area contributed by atoms with Gasteiger partial charge in [-0.1, -0.05) is 35.3 Å². The third-order valence-electron chi connectivity index (χ3n) is 2.08. The second-order valence-electron chi connectivity index (χ2n) is 3.15. The largest absolute Gasteiger partial charge is 0.383 e. The molecule has 86 valence electrons. The smallest absolute Gasteiger partial charge is 0.122 e. The van der Waals surface area contributed by atoms with E-state index in [4.69, 9.17) is 33.2 Å². The molecule has 0 spiro atoms. The van der Waals surface area contributed by atoms with Gasteiger partial charge in [0.15, 0.2) is 0 Å². The van der Waals surface area contributed by atoms with E-state index in [1.54, 1.807) is 25.3 Å². The highest BCUT2D eigenvalue weighted by Gasteiger charge is 2.14. The molecule has 3 nitrogen and oxygen atoms in total. The Morgan fingerprint density at radius 1 is 1.50 bits per heavy atom. The number of ether oxygens (including phenoxy) is 1. The maximum absolute atomic E-state index is 9.04. The van der Waals surface area contributed by atoms with Crippen molar-refractivity contribution in [1.29, 1.82) is 5.26 Å². The summed E-state index contributed by atoms with van der Waals surface area (Å²) < 4.78 is 4.90. The molecule has 1 aromatic carbocycles. The fourth-order valence-electron chi connectivity index (χ4n) is 1.27. The first kappa shape index (κ1) is 13.3. The van der Waals surface area contributed by atoms with Crippen LogP contribution in [0, 0.1) is 11.3 Å². The summed E-state index contributed by atoms with van der Waals surface area (Å²) in [6.07, 6.45) is 0. The van der Waals surface area contributed by atoms with E-state index in [1.165, 1.54) is 0 Å². The van der Waals surface area contributed by atoms with E-state index >= 15 is 0 Å². The van der Waals surface area contributed by atoms with Crippen molar-refractivity contribution in [2.45, 2.75) is 6.04 Å². The Kier molecular flexibility index (Phi) is 5.58. The van der Waals surface area contributed by atoms with Crippen LogP contribution in [0.4, 0.5) is 0 Å². The highest BCUT2D eigenvalue weighted by atomic mass is 35.5. The molecule has 1 unspecified atom stereocenters. The molecule has 1 rings (SSSR count). The minimum atomic E-state index is -0.471. The minimum Gasteiger partial charge on any atom is -0.383 e. The average molecular weight is 259 g/mol. The number of hydrogen-bond acceptors (Lipinski definition) is 3. The molecule has 1 aromatic rings. The van der Waals surface area contributed by atoms with Crippen molar-refractivity contribution in [3.8, 4) is 6.07 Å². The van der Waals surface area contributed by atoms with Gasteiger partial charge in [-0.05, 0) is 6.07 Å². The predicted molar refractivity (Wildman–Crippen MR) is 64.7 cm³/mol. The lowest BCUT2D eigenvalue weighted by molar-refractivity contribution is 0.198. The van der Waals surface area contributed by atoms with Gasteiger partial charge in [0.2, 0.25) is 0 Å². The first-order valence-corrected chi connectivity index (χ1v) is 5.52. The third kappa shape index (κ3) is 3.36. The fraction of sp³-hybridized carbons (Fsp3) is 0.364. The standard InChI is InChI=1S/C11H12Cl2N2O/c1-16-6-5-15-10(7-14)8-3-2-4-9(12)11(8)13/h2-4,10,15H,5-6H2,1H3. The molecule has 0 amide bonds. The third-order valence-corrected chi connectivity index (χ3v) is 2.91. The Labute approximate surface area is 105 Å². The molecule has 0 saturated heterocycles. The summed E-state index contributed by atoms with van der Waals surface area (Å²) in [6.45, 7) is 1.12. The average Bonchev–Trinajstić information content (AvgIpc) is 2.29. The molecule has 0 aliphatic rings. The van der Waals surface area contributed by atoms with Gasteiger partial charge in [0.25, 0.3) is 0 Å². The zero-order valence-corrected chi connectivity index (χ0v) is 10.3. The molecule has 1 N–H and O–H groups in total. The Hall–Kier alpha value is -0.790. The zero-order chi connectivity index (χ0) is 12.0. The molecule has 0 saturated carbocycles. The van der Waals surface area contributed by atoms with E-state index in [0.29, 0.717) is 28.8 Å². The quantitative estimate of drug-likeness (QED) is 0.827. The molecule has 0 aliphatic heterocycles. The van der Waals surface area contributed by atoms with Gasteiger partial charge in [0, 0.05) is 19.2 Å². The Morgan fingerprint density at radius 2 is 2.25 bits per heavy atom. The summed E-state index contributed by atoms with van der Waals surface area (Å²) in [5, 5.41) is 12.9. The molecular weight excluding hydrogens is 247 g/mol. The highest BCUT2D eigenvalue weighted by Crippen LogP contribution is 2.29. The number of benzene rings is 1. The molecule has 0 heterocycles. The fourth-order valence-corrected chi connectivity index (χ4v) is 1.69. The zero-order valence-electron chi connectivity index (χ0n) is 8.84. The van der Waals surface area contributed by atoms with Gasteiger partial charge in [-0.15, -0.1) is 0 Å². The van der Waals surface area contributed by atoms with E-state index in [0.717, 1.165) is 0 Å². The van der Waals surface area contributed by atoms with Crippen molar-refractivity contribution in [1.82, 2.24) is 5.32 Å². The molecule has 5 heteroatoms. The van der Waals surface area contributed by atoms with Gasteiger partial charge >= 0.3 is 0 Å². The van der Waals surface area contributed by atoms with Crippen LogP contribution in [-0.4, -0.2) is 20.3 Å². The second-order valence-corrected chi connectivity index (χ2v) is 3.94. The number of nitrogens with zero attached hydrogens (tertiary/aromatic N) is 1. The van der Waals surface area contributed by atoms with E-state index in [-0.39, 0.29) is 0 Å². The van der Waals surface area contributed by atoms with Crippen LogP contribution in [0.25, 0.3) is 0 Å². The van der Waals surface area contributed by atoms with Crippen LogP contribution < -0.4 is 5.32 Å². The number of halogens is 2. The minimum absolute atomic E-state index is 0.417. The predicted octanol–water partition coefficient (Wildman–Crippen LogP) is 2.79. The van der Waals surface area contributed by atoms with Crippen LogP contribution in [0.5, 0.6) is 0 Å². The summed E-state index contributed by atoms with van der Waals surface area (Å²) in [4.78, 5) is 0. The normalized spacial score (nSPS) is 12.1. The second kappa shape index (κ2) is 6.72. The first-order valence-electron chi connectivity index (χ1n) is 4.76. The molecule has 0 fully saturated rings. The lowest BCUT2D eigenvalue weighted by Gasteiger charge is -2.13. The van der Waals surface area contributed by atoms with Crippen LogP contribution in [0.3, 0.4) is 0 Å². The molecule has 0 aromatic heterocycles.